The predicted octanol–water partition coefficient (Wildman–Crippen LogP) is 7.24. The minimum Gasteiger partial charge on any atom is -0.487 e. The molecule has 0 radical (unpaired) electrons. The highest BCUT2D eigenvalue weighted by molar-refractivity contribution is 6.37. The molecule has 0 aliphatic carbocycles. The van der Waals surface area contributed by atoms with Crippen molar-refractivity contribution in [1.82, 2.24) is 9.78 Å². The Bertz CT molecular complexity index is 1370. The number of carboxylic acids is 1. The molecule has 3 aromatic carbocycles. The van der Waals surface area contributed by atoms with Gasteiger partial charge in [-0.1, -0.05) is 59.6 Å². The standard InChI is InChI=1S/C27H22Cl2N2O3/c1-17-13-22(12-11-20(17)10-9-19-5-3-6-21(14-19)27(32)33)34-16-25-18(2)15-30-31(25)26-23(28)7-4-8-24(26)29/h3-15H,16H2,1-2H3,(H,32,33). The third-order valence-corrected chi connectivity index (χ3v) is 6.04. The summed E-state index contributed by atoms with van der Waals surface area (Å²) in [6, 6.07) is 18.0. The molecule has 1 heterocycles. The average molecular weight is 493 g/mol. The Hall–Kier alpha value is -3.54. The molecule has 1 aromatic heterocycles. The zero-order valence-corrected chi connectivity index (χ0v) is 20.1. The van der Waals surface area contributed by atoms with Gasteiger partial charge in [-0.15, -0.1) is 0 Å². The number of carbonyl (C=O) groups is 1. The van der Waals surface area contributed by atoms with Crippen LogP contribution < -0.4 is 4.74 Å². The van der Waals surface area contributed by atoms with E-state index in [0.717, 1.165) is 33.7 Å². The van der Waals surface area contributed by atoms with Crippen LogP contribution in [0.25, 0.3) is 17.8 Å². The topological polar surface area (TPSA) is 64.4 Å². The number of hydrogen-bond acceptors (Lipinski definition) is 3. The Labute approximate surface area is 207 Å². The molecular formula is C27H22Cl2N2O3. The van der Waals surface area contributed by atoms with E-state index in [-0.39, 0.29) is 5.56 Å². The number of ether oxygens (including phenoxy) is 1. The van der Waals surface area contributed by atoms with Gasteiger partial charge in [-0.3, -0.25) is 0 Å². The van der Waals surface area contributed by atoms with E-state index < -0.39 is 5.97 Å². The summed E-state index contributed by atoms with van der Waals surface area (Å²) in [5.74, 6) is -0.221. The van der Waals surface area contributed by atoms with Crippen LogP contribution in [-0.2, 0) is 6.61 Å². The fourth-order valence-corrected chi connectivity index (χ4v) is 4.11. The van der Waals surface area contributed by atoms with Gasteiger partial charge in [0.25, 0.3) is 0 Å². The van der Waals surface area contributed by atoms with E-state index >= 15 is 0 Å². The SMILES string of the molecule is Cc1cc(OCc2c(C)cnn2-c2c(Cl)cccc2Cl)ccc1C=Cc1cccc(C(=O)O)c1. The largest absolute Gasteiger partial charge is 0.487 e. The highest BCUT2D eigenvalue weighted by atomic mass is 35.5. The molecule has 0 saturated heterocycles. The number of rotatable bonds is 7. The molecule has 0 amide bonds. The summed E-state index contributed by atoms with van der Waals surface area (Å²) in [7, 11) is 0. The normalized spacial score (nSPS) is 11.2. The maximum Gasteiger partial charge on any atom is 0.335 e. The molecule has 0 saturated carbocycles. The van der Waals surface area contributed by atoms with Crippen LogP contribution in [0.4, 0.5) is 0 Å². The second kappa shape index (κ2) is 10.2. The van der Waals surface area contributed by atoms with Crippen LogP contribution in [0.15, 0.2) is 66.9 Å². The Morgan fingerprint density at radius 3 is 2.44 bits per heavy atom. The number of para-hydroxylation sites is 1. The van der Waals surface area contributed by atoms with Gasteiger partial charge in [-0.2, -0.15) is 5.10 Å². The van der Waals surface area contributed by atoms with Gasteiger partial charge in [0.2, 0.25) is 0 Å². The van der Waals surface area contributed by atoms with Crippen molar-refractivity contribution in [2.24, 2.45) is 0 Å². The van der Waals surface area contributed by atoms with Crippen molar-refractivity contribution in [2.75, 3.05) is 0 Å². The lowest BCUT2D eigenvalue weighted by Gasteiger charge is -2.13. The molecule has 0 bridgehead atoms. The van der Waals surface area contributed by atoms with Gasteiger partial charge >= 0.3 is 5.97 Å². The third kappa shape index (κ3) is 5.16. The molecule has 34 heavy (non-hydrogen) atoms. The lowest BCUT2D eigenvalue weighted by Crippen LogP contribution is -2.08. The smallest absolute Gasteiger partial charge is 0.335 e. The van der Waals surface area contributed by atoms with Crippen LogP contribution in [0, 0.1) is 13.8 Å². The number of benzene rings is 3. The Kier molecular flexibility index (Phi) is 7.06. The van der Waals surface area contributed by atoms with Crippen molar-refractivity contribution in [3.8, 4) is 11.4 Å². The summed E-state index contributed by atoms with van der Waals surface area (Å²) in [5.41, 5.74) is 5.57. The predicted molar refractivity (Wildman–Crippen MR) is 136 cm³/mol. The van der Waals surface area contributed by atoms with Crippen molar-refractivity contribution in [2.45, 2.75) is 20.5 Å². The van der Waals surface area contributed by atoms with E-state index in [0.29, 0.717) is 22.3 Å². The van der Waals surface area contributed by atoms with E-state index in [1.807, 2.05) is 50.3 Å². The molecule has 0 spiro atoms. The van der Waals surface area contributed by atoms with E-state index in [1.165, 1.54) is 0 Å². The molecule has 5 nitrogen and oxygen atoms in total. The molecular weight excluding hydrogens is 471 g/mol. The van der Waals surface area contributed by atoms with Gasteiger partial charge in [0.1, 0.15) is 18.0 Å². The first-order valence-electron chi connectivity index (χ1n) is 10.6. The maximum absolute atomic E-state index is 11.2. The molecule has 1 N–H and O–H groups in total. The Balaban J connectivity index is 1.51. The third-order valence-electron chi connectivity index (χ3n) is 5.43. The van der Waals surface area contributed by atoms with Crippen LogP contribution in [0.3, 0.4) is 0 Å². The molecule has 172 valence electrons. The van der Waals surface area contributed by atoms with Gasteiger partial charge in [-0.05, 0) is 72.5 Å². The average Bonchev–Trinajstić information content (AvgIpc) is 3.17. The molecule has 0 atom stereocenters. The minimum absolute atomic E-state index is 0.259. The van der Waals surface area contributed by atoms with Crippen LogP contribution in [-0.4, -0.2) is 20.9 Å². The molecule has 4 aromatic rings. The number of aromatic carboxylic acids is 1. The zero-order valence-electron chi connectivity index (χ0n) is 18.6. The van der Waals surface area contributed by atoms with Crippen molar-refractivity contribution in [3.63, 3.8) is 0 Å². The summed E-state index contributed by atoms with van der Waals surface area (Å²) >= 11 is 12.8. The van der Waals surface area contributed by atoms with Crippen molar-refractivity contribution in [1.29, 1.82) is 0 Å². The Morgan fingerprint density at radius 2 is 1.74 bits per heavy atom. The van der Waals surface area contributed by atoms with E-state index in [1.54, 1.807) is 47.3 Å². The summed E-state index contributed by atoms with van der Waals surface area (Å²) < 4.78 is 7.79. The monoisotopic (exact) mass is 492 g/mol. The van der Waals surface area contributed by atoms with E-state index in [4.69, 9.17) is 33.0 Å². The van der Waals surface area contributed by atoms with E-state index in [2.05, 4.69) is 5.10 Å². The minimum atomic E-state index is -0.943. The number of hydrogen-bond donors (Lipinski definition) is 1. The highest BCUT2D eigenvalue weighted by Gasteiger charge is 2.15. The summed E-state index contributed by atoms with van der Waals surface area (Å²) in [5, 5.41) is 14.6. The molecule has 4 rings (SSSR count). The van der Waals surface area contributed by atoms with Gasteiger partial charge < -0.3 is 9.84 Å². The molecule has 0 aliphatic heterocycles. The van der Waals surface area contributed by atoms with Crippen molar-refractivity contribution in [3.05, 3.63) is 110 Å². The molecule has 0 fully saturated rings. The van der Waals surface area contributed by atoms with Gasteiger partial charge in [0.15, 0.2) is 0 Å². The van der Waals surface area contributed by atoms with Gasteiger partial charge in [0, 0.05) is 0 Å². The first kappa shape index (κ1) is 23.6. The fourth-order valence-electron chi connectivity index (χ4n) is 3.55. The van der Waals surface area contributed by atoms with Crippen LogP contribution in [0.5, 0.6) is 5.75 Å². The quantitative estimate of drug-likeness (QED) is 0.276. The van der Waals surface area contributed by atoms with Crippen LogP contribution in [0.1, 0.15) is 38.3 Å². The maximum atomic E-state index is 11.2. The number of halogens is 2. The zero-order chi connectivity index (χ0) is 24.2. The highest BCUT2D eigenvalue weighted by Crippen LogP contribution is 2.30. The lowest BCUT2D eigenvalue weighted by atomic mass is 10.1. The summed E-state index contributed by atoms with van der Waals surface area (Å²) in [6.07, 6.45) is 5.61. The first-order valence-corrected chi connectivity index (χ1v) is 11.3. The molecule has 0 aliphatic rings. The summed E-state index contributed by atoms with van der Waals surface area (Å²) in [4.78, 5) is 11.2. The number of aryl methyl sites for hydroxylation is 2. The molecule has 7 heteroatoms. The second-order valence-corrected chi connectivity index (χ2v) is 8.64. The number of nitrogens with zero attached hydrogens (tertiary/aromatic N) is 2. The van der Waals surface area contributed by atoms with Crippen LogP contribution >= 0.6 is 23.2 Å². The number of carboxylic acid groups (broad SMARTS) is 1. The van der Waals surface area contributed by atoms with Gasteiger partial charge in [0.05, 0.1) is 27.5 Å². The van der Waals surface area contributed by atoms with Crippen LogP contribution in [0.2, 0.25) is 10.0 Å². The lowest BCUT2D eigenvalue weighted by molar-refractivity contribution is 0.0697. The Morgan fingerprint density at radius 1 is 1.00 bits per heavy atom. The number of aromatic nitrogens is 2. The molecule has 0 unspecified atom stereocenters. The van der Waals surface area contributed by atoms with Gasteiger partial charge in [-0.25, -0.2) is 9.48 Å². The second-order valence-electron chi connectivity index (χ2n) is 7.83. The first-order chi connectivity index (χ1) is 16.3. The van der Waals surface area contributed by atoms with E-state index in [9.17, 15) is 4.79 Å². The van der Waals surface area contributed by atoms with Crippen molar-refractivity contribution >= 4 is 41.3 Å². The van der Waals surface area contributed by atoms with Crippen molar-refractivity contribution < 1.29 is 14.6 Å². The summed E-state index contributed by atoms with van der Waals surface area (Å²) in [6.45, 7) is 4.26. The fraction of sp³-hybridized carbons (Fsp3) is 0.111.